The van der Waals surface area contributed by atoms with Gasteiger partial charge in [-0.05, 0) is 12.1 Å². The van der Waals surface area contributed by atoms with Gasteiger partial charge >= 0.3 is 0 Å². The minimum Gasteiger partial charge on any atom is -0.399 e. The van der Waals surface area contributed by atoms with Crippen LogP contribution in [0.25, 0.3) is 5.52 Å². The Morgan fingerprint density at radius 2 is 2.08 bits per heavy atom. The molecule has 2 N–H and O–H groups in total. The molecule has 2 aromatic heterocycles. The van der Waals surface area contributed by atoms with Gasteiger partial charge in [-0.3, -0.25) is 0 Å². The van der Waals surface area contributed by atoms with E-state index in [2.05, 4.69) is 5.10 Å². The van der Waals surface area contributed by atoms with Crippen molar-refractivity contribution in [1.82, 2.24) is 9.61 Å². The number of pyridine rings is 1. The Balaban J connectivity index is 2.92. The first kappa shape index (κ1) is 7.71. The van der Waals surface area contributed by atoms with Crippen LogP contribution in [-0.4, -0.2) is 9.61 Å². The molecule has 2 aromatic rings. The van der Waals surface area contributed by atoms with Crippen molar-refractivity contribution in [3.63, 3.8) is 0 Å². The van der Waals surface area contributed by atoms with Crippen molar-refractivity contribution in [1.29, 1.82) is 0 Å². The van der Waals surface area contributed by atoms with Gasteiger partial charge < -0.3 is 5.73 Å². The molecule has 0 bridgehead atoms. The molecule has 0 aliphatic rings. The van der Waals surface area contributed by atoms with Crippen molar-refractivity contribution in [3.8, 4) is 0 Å². The number of rotatable bonds is 0. The van der Waals surface area contributed by atoms with Gasteiger partial charge in [0.25, 0.3) is 0 Å². The van der Waals surface area contributed by atoms with Crippen LogP contribution in [0.5, 0.6) is 0 Å². The van der Waals surface area contributed by atoms with Crippen LogP contribution >= 0.6 is 23.2 Å². The number of nitrogens with zero attached hydrogens (tertiary/aromatic N) is 2. The summed E-state index contributed by atoms with van der Waals surface area (Å²) in [4.78, 5) is 0. The van der Waals surface area contributed by atoms with Crippen molar-refractivity contribution in [3.05, 3.63) is 28.5 Å². The molecule has 0 saturated carbocycles. The standard InChI is InChI=1S/C7H5Cl2N3/c8-5-3-11-12-6(5)1-4(10)2-7(12)9/h1-3H,10H2. The van der Waals surface area contributed by atoms with Gasteiger partial charge in [-0.25, -0.2) is 4.52 Å². The lowest BCUT2D eigenvalue weighted by molar-refractivity contribution is 0.963. The second kappa shape index (κ2) is 2.54. The van der Waals surface area contributed by atoms with Crippen LogP contribution in [0, 0.1) is 0 Å². The van der Waals surface area contributed by atoms with Crippen LogP contribution in [0.2, 0.25) is 10.2 Å². The fraction of sp³-hybridized carbons (Fsp3) is 0. The second-order valence-electron chi connectivity index (χ2n) is 2.40. The Morgan fingerprint density at radius 3 is 2.83 bits per heavy atom. The van der Waals surface area contributed by atoms with E-state index in [1.54, 1.807) is 12.1 Å². The predicted octanol–water partition coefficient (Wildman–Crippen LogP) is 2.22. The molecule has 0 aliphatic heterocycles. The molecule has 0 aliphatic carbocycles. The van der Waals surface area contributed by atoms with E-state index in [1.807, 2.05) is 0 Å². The Hall–Kier alpha value is -0.930. The fourth-order valence-electron chi connectivity index (χ4n) is 1.04. The quantitative estimate of drug-likeness (QED) is 0.665. The lowest BCUT2D eigenvalue weighted by atomic mass is 10.3. The summed E-state index contributed by atoms with van der Waals surface area (Å²) in [6.45, 7) is 0. The van der Waals surface area contributed by atoms with E-state index in [0.717, 1.165) is 5.52 Å². The summed E-state index contributed by atoms with van der Waals surface area (Å²) in [5.41, 5.74) is 6.87. The highest BCUT2D eigenvalue weighted by Crippen LogP contribution is 2.23. The van der Waals surface area contributed by atoms with Crippen LogP contribution in [0.3, 0.4) is 0 Å². The molecule has 0 amide bonds. The Labute approximate surface area is 78.7 Å². The van der Waals surface area contributed by atoms with Crippen molar-refractivity contribution in [2.45, 2.75) is 0 Å². The van der Waals surface area contributed by atoms with Gasteiger partial charge in [-0.15, -0.1) is 0 Å². The molecule has 2 heterocycles. The maximum atomic E-state index is 5.84. The smallest absolute Gasteiger partial charge is 0.133 e. The molecule has 3 nitrogen and oxygen atoms in total. The van der Waals surface area contributed by atoms with Crippen molar-refractivity contribution < 1.29 is 0 Å². The van der Waals surface area contributed by atoms with E-state index >= 15 is 0 Å². The lowest BCUT2D eigenvalue weighted by Crippen LogP contribution is -1.92. The van der Waals surface area contributed by atoms with Crippen molar-refractivity contribution in [2.75, 3.05) is 5.73 Å². The normalized spacial score (nSPS) is 10.8. The summed E-state index contributed by atoms with van der Waals surface area (Å²) in [6.07, 6.45) is 1.53. The average Bonchev–Trinajstić information content (AvgIpc) is 2.33. The molecule has 0 spiro atoms. The van der Waals surface area contributed by atoms with Crippen LogP contribution in [0.1, 0.15) is 0 Å². The van der Waals surface area contributed by atoms with Crippen molar-refractivity contribution in [2.24, 2.45) is 0 Å². The molecular weight excluding hydrogens is 197 g/mol. The number of halogens is 2. The summed E-state index contributed by atoms with van der Waals surface area (Å²) in [7, 11) is 0. The Bertz CT molecular complexity index is 435. The molecule has 0 fully saturated rings. The van der Waals surface area contributed by atoms with Gasteiger partial charge in [0.2, 0.25) is 0 Å². The lowest BCUT2D eigenvalue weighted by Gasteiger charge is -1.98. The van der Waals surface area contributed by atoms with Crippen LogP contribution < -0.4 is 5.73 Å². The number of hydrogen-bond acceptors (Lipinski definition) is 2. The summed E-state index contributed by atoms with van der Waals surface area (Å²) in [6, 6.07) is 3.35. The van der Waals surface area contributed by atoms with Gasteiger partial charge in [0.15, 0.2) is 0 Å². The summed E-state index contributed by atoms with van der Waals surface area (Å²) < 4.78 is 1.53. The summed E-state index contributed by atoms with van der Waals surface area (Å²) >= 11 is 11.7. The SMILES string of the molecule is Nc1cc(Cl)n2ncc(Cl)c2c1. The molecular formula is C7H5Cl2N3. The number of nitrogens with two attached hydrogens (primary N) is 1. The summed E-state index contributed by atoms with van der Waals surface area (Å²) in [5.74, 6) is 0. The minimum atomic E-state index is 0.455. The molecule has 12 heavy (non-hydrogen) atoms. The molecule has 2 rings (SSSR count). The average molecular weight is 202 g/mol. The number of hydrogen-bond donors (Lipinski definition) is 1. The largest absolute Gasteiger partial charge is 0.399 e. The fourth-order valence-corrected chi connectivity index (χ4v) is 1.48. The molecule has 0 aromatic carbocycles. The van der Waals surface area contributed by atoms with E-state index in [4.69, 9.17) is 28.9 Å². The Morgan fingerprint density at radius 1 is 1.33 bits per heavy atom. The molecule has 0 atom stereocenters. The van der Waals surface area contributed by atoms with Gasteiger partial charge in [-0.1, -0.05) is 23.2 Å². The van der Waals surface area contributed by atoms with E-state index in [-0.39, 0.29) is 0 Å². The zero-order valence-electron chi connectivity index (χ0n) is 5.96. The highest BCUT2D eigenvalue weighted by Gasteiger charge is 2.04. The first-order valence-corrected chi connectivity index (χ1v) is 4.02. The molecule has 5 heteroatoms. The third-order valence-corrected chi connectivity index (χ3v) is 2.11. The number of fused-ring (bicyclic) bond motifs is 1. The summed E-state index contributed by atoms with van der Waals surface area (Å²) in [5, 5.41) is 4.96. The van der Waals surface area contributed by atoms with E-state index in [1.165, 1.54) is 10.7 Å². The first-order chi connectivity index (χ1) is 5.68. The molecule has 0 radical (unpaired) electrons. The van der Waals surface area contributed by atoms with Gasteiger partial charge in [0.1, 0.15) is 5.15 Å². The number of nitrogen functional groups attached to an aromatic ring is 1. The maximum Gasteiger partial charge on any atom is 0.133 e. The number of anilines is 1. The highest BCUT2D eigenvalue weighted by atomic mass is 35.5. The van der Waals surface area contributed by atoms with Crippen LogP contribution in [0.15, 0.2) is 18.3 Å². The van der Waals surface area contributed by atoms with Crippen LogP contribution in [-0.2, 0) is 0 Å². The molecule has 0 unspecified atom stereocenters. The van der Waals surface area contributed by atoms with Gasteiger partial charge in [-0.2, -0.15) is 5.10 Å². The van der Waals surface area contributed by atoms with Gasteiger partial charge in [0.05, 0.1) is 16.7 Å². The van der Waals surface area contributed by atoms with E-state index in [9.17, 15) is 0 Å². The van der Waals surface area contributed by atoms with E-state index < -0.39 is 0 Å². The van der Waals surface area contributed by atoms with E-state index in [0.29, 0.717) is 15.9 Å². The molecule has 62 valence electrons. The topological polar surface area (TPSA) is 43.3 Å². The maximum absolute atomic E-state index is 5.84. The second-order valence-corrected chi connectivity index (χ2v) is 3.20. The molecule has 0 saturated heterocycles. The first-order valence-electron chi connectivity index (χ1n) is 3.27. The Kier molecular flexibility index (Phi) is 1.63. The zero-order chi connectivity index (χ0) is 8.72. The third kappa shape index (κ3) is 1.02. The highest BCUT2D eigenvalue weighted by molar-refractivity contribution is 6.34. The van der Waals surface area contributed by atoms with Gasteiger partial charge in [0, 0.05) is 5.69 Å². The van der Waals surface area contributed by atoms with Crippen molar-refractivity contribution >= 4 is 34.4 Å². The monoisotopic (exact) mass is 201 g/mol. The third-order valence-electron chi connectivity index (χ3n) is 1.55. The predicted molar refractivity (Wildman–Crippen MR) is 49.6 cm³/mol. The number of aromatic nitrogens is 2. The van der Waals surface area contributed by atoms with Crippen LogP contribution in [0.4, 0.5) is 5.69 Å². The zero-order valence-corrected chi connectivity index (χ0v) is 7.47. The minimum absolute atomic E-state index is 0.455.